The van der Waals surface area contributed by atoms with Crippen molar-refractivity contribution in [1.29, 1.82) is 0 Å². The second-order valence-corrected chi connectivity index (χ2v) is 5.88. The molecule has 1 aromatic carbocycles. The van der Waals surface area contributed by atoms with E-state index >= 15 is 0 Å². The second-order valence-electron chi connectivity index (χ2n) is 5.88. The number of aryl methyl sites for hydroxylation is 1. The zero-order valence-corrected chi connectivity index (χ0v) is 12.5. The Hall–Kier alpha value is -1.06. The third-order valence-corrected chi connectivity index (χ3v) is 3.83. The van der Waals surface area contributed by atoms with Crippen LogP contribution in [0.2, 0.25) is 0 Å². The molecule has 3 nitrogen and oxygen atoms in total. The van der Waals surface area contributed by atoms with Crippen molar-refractivity contribution in [2.75, 3.05) is 20.3 Å². The Morgan fingerprint density at radius 1 is 1.42 bits per heavy atom. The highest BCUT2D eigenvalue weighted by Gasteiger charge is 2.23. The van der Waals surface area contributed by atoms with Crippen molar-refractivity contribution in [3.8, 4) is 5.75 Å². The van der Waals surface area contributed by atoms with Crippen molar-refractivity contribution < 1.29 is 9.47 Å². The van der Waals surface area contributed by atoms with E-state index in [0.717, 1.165) is 31.7 Å². The van der Waals surface area contributed by atoms with Gasteiger partial charge in [-0.05, 0) is 39.2 Å². The summed E-state index contributed by atoms with van der Waals surface area (Å²) in [5.74, 6) is 1.06. The topological polar surface area (TPSA) is 30.5 Å². The van der Waals surface area contributed by atoms with Gasteiger partial charge in [0.2, 0.25) is 0 Å². The summed E-state index contributed by atoms with van der Waals surface area (Å²) < 4.78 is 11.4. The lowest BCUT2D eigenvalue weighted by molar-refractivity contribution is 0.0208. The first-order valence-corrected chi connectivity index (χ1v) is 7.04. The van der Waals surface area contributed by atoms with Gasteiger partial charge in [-0.15, -0.1) is 0 Å². The summed E-state index contributed by atoms with van der Waals surface area (Å²) in [7, 11) is 1.76. The van der Waals surface area contributed by atoms with Gasteiger partial charge in [0.15, 0.2) is 0 Å². The first-order chi connectivity index (χ1) is 9.03. The number of nitrogens with one attached hydrogen (secondary N) is 1. The average Bonchev–Trinajstić information content (AvgIpc) is 2.60. The molecule has 0 bridgehead atoms. The molecule has 0 spiro atoms. The standard InChI is InChI=1S/C16H25NO2/c1-12-7-5-8-13-14(9-6-10-19-15(12)13)17-11-16(2,3)18-4/h5,7-8,14,17H,6,9-11H2,1-4H3. The van der Waals surface area contributed by atoms with E-state index < -0.39 is 0 Å². The van der Waals surface area contributed by atoms with Crippen molar-refractivity contribution in [3.63, 3.8) is 0 Å². The molecule has 0 aliphatic carbocycles. The maximum Gasteiger partial charge on any atom is 0.126 e. The maximum absolute atomic E-state index is 5.90. The summed E-state index contributed by atoms with van der Waals surface area (Å²) in [5.41, 5.74) is 2.36. The van der Waals surface area contributed by atoms with Crippen LogP contribution < -0.4 is 10.1 Å². The van der Waals surface area contributed by atoms with Crippen molar-refractivity contribution in [2.24, 2.45) is 0 Å². The SMILES string of the molecule is COC(C)(C)CNC1CCCOc2c(C)cccc21. The molecule has 19 heavy (non-hydrogen) atoms. The van der Waals surface area contributed by atoms with Crippen LogP contribution in [0.3, 0.4) is 0 Å². The van der Waals surface area contributed by atoms with Crippen LogP contribution in [0.1, 0.15) is 43.9 Å². The Balaban J connectivity index is 2.16. The van der Waals surface area contributed by atoms with Gasteiger partial charge in [0.25, 0.3) is 0 Å². The second kappa shape index (κ2) is 5.93. The number of hydrogen-bond donors (Lipinski definition) is 1. The number of fused-ring (bicyclic) bond motifs is 1. The first-order valence-electron chi connectivity index (χ1n) is 7.04. The Labute approximate surface area is 116 Å². The minimum Gasteiger partial charge on any atom is -0.493 e. The van der Waals surface area contributed by atoms with Gasteiger partial charge in [-0.1, -0.05) is 18.2 Å². The number of methoxy groups -OCH3 is 1. The highest BCUT2D eigenvalue weighted by Crippen LogP contribution is 2.34. The lowest BCUT2D eigenvalue weighted by atomic mass is 9.99. The van der Waals surface area contributed by atoms with Crippen LogP contribution in [-0.2, 0) is 4.74 Å². The molecule has 1 aromatic rings. The number of ether oxygens (including phenoxy) is 2. The fraction of sp³-hybridized carbons (Fsp3) is 0.625. The molecule has 1 atom stereocenters. The van der Waals surface area contributed by atoms with Crippen LogP contribution in [0.5, 0.6) is 5.75 Å². The molecule has 0 amide bonds. The van der Waals surface area contributed by atoms with E-state index in [1.165, 1.54) is 11.1 Å². The van der Waals surface area contributed by atoms with E-state index in [9.17, 15) is 0 Å². The fourth-order valence-corrected chi connectivity index (χ4v) is 2.42. The number of hydrogen-bond acceptors (Lipinski definition) is 3. The van der Waals surface area contributed by atoms with Gasteiger partial charge in [-0.3, -0.25) is 0 Å². The molecule has 0 fully saturated rings. The zero-order chi connectivity index (χ0) is 13.9. The summed E-state index contributed by atoms with van der Waals surface area (Å²) in [6.07, 6.45) is 2.19. The Kier molecular flexibility index (Phi) is 4.48. The monoisotopic (exact) mass is 263 g/mol. The zero-order valence-electron chi connectivity index (χ0n) is 12.5. The maximum atomic E-state index is 5.90. The highest BCUT2D eigenvalue weighted by molar-refractivity contribution is 5.43. The van der Waals surface area contributed by atoms with Crippen LogP contribution in [0.4, 0.5) is 0 Å². The lowest BCUT2D eigenvalue weighted by Gasteiger charge is -2.27. The predicted octanol–water partition coefficient (Wildman–Crippen LogP) is 3.22. The molecule has 106 valence electrons. The van der Waals surface area contributed by atoms with Gasteiger partial charge in [0.05, 0.1) is 12.2 Å². The molecular weight excluding hydrogens is 238 g/mol. The highest BCUT2D eigenvalue weighted by atomic mass is 16.5. The summed E-state index contributed by atoms with van der Waals surface area (Å²) in [4.78, 5) is 0. The van der Waals surface area contributed by atoms with Crippen molar-refractivity contribution in [1.82, 2.24) is 5.32 Å². The van der Waals surface area contributed by atoms with Gasteiger partial charge in [-0.25, -0.2) is 0 Å². The average molecular weight is 263 g/mol. The summed E-state index contributed by atoms with van der Waals surface area (Å²) in [5, 5.41) is 3.63. The molecule has 0 aromatic heterocycles. The first kappa shape index (κ1) is 14.4. The Morgan fingerprint density at radius 2 is 2.21 bits per heavy atom. The summed E-state index contributed by atoms with van der Waals surface area (Å²) >= 11 is 0. The summed E-state index contributed by atoms with van der Waals surface area (Å²) in [6.45, 7) is 7.96. The van der Waals surface area contributed by atoms with E-state index in [1.54, 1.807) is 7.11 Å². The molecule has 2 rings (SSSR count). The third kappa shape index (κ3) is 3.48. The quantitative estimate of drug-likeness (QED) is 0.904. The van der Waals surface area contributed by atoms with E-state index in [-0.39, 0.29) is 5.60 Å². The third-order valence-electron chi connectivity index (χ3n) is 3.83. The van der Waals surface area contributed by atoms with Gasteiger partial charge < -0.3 is 14.8 Å². The van der Waals surface area contributed by atoms with Crippen molar-refractivity contribution in [2.45, 2.75) is 45.3 Å². The number of benzene rings is 1. The Bertz CT molecular complexity index is 429. The Morgan fingerprint density at radius 3 is 2.95 bits per heavy atom. The van der Waals surface area contributed by atoms with E-state index in [4.69, 9.17) is 9.47 Å². The lowest BCUT2D eigenvalue weighted by Crippen LogP contribution is -2.38. The van der Waals surface area contributed by atoms with Crippen molar-refractivity contribution >= 4 is 0 Å². The van der Waals surface area contributed by atoms with Crippen LogP contribution in [0.15, 0.2) is 18.2 Å². The van der Waals surface area contributed by atoms with Crippen LogP contribution in [0.25, 0.3) is 0 Å². The van der Waals surface area contributed by atoms with E-state index in [1.807, 2.05) is 0 Å². The van der Waals surface area contributed by atoms with Gasteiger partial charge in [-0.2, -0.15) is 0 Å². The number of para-hydroxylation sites is 1. The molecular formula is C16H25NO2. The molecule has 0 radical (unpaired) electrons. The van der Waals surface area contributed by atoms with E-state index in [0.29, 0.717) is 6.04 Å². The number of rotatable bonds is 4. The molecule has 0 saturated heterocycles. The minimum absolute atomic E-state index is 0.142. The van der Waals surface area contributed by atoms with Crippen LogP contribution >= 0.6 is 0 Å². The fourth-order valence-electron chi connectivity index (χ4n) is 2.42. The molecule has 1 aliphatic rings. The van der Waals surface area contributed by atoms with Gasteiger partial charge >= 0.3 is 0 Å². The van der Waals surface area contributed by atoms with Gasteiger partial charge in [0.1, 0.15) is 5.75 Å². The minimum atomic E-state index is -0.142. The molecule has 1 unspecified atom stereocenters. The summed E-state index contributed by atoms with van der Waals surface area (Å²) in [6, 6.07) is 6.75. The van der Waals surface area contributed by atoms with Crippen LogP contribution in [-0.4, -0.2) is 25.9 Å². The largest absolute Gasteiger partial charge is 0.493 e. The van der Waals surface area contributed by atoms with E-state index in [2.05, 4.69) is 44.3 Å². The predicted molar refractivity (Wildman–Crippen MR) is 77.7 cm³/mol. The molecule has 0 saturated carbocycles. The molecule has 1 aliphatic heterocycles. The van der Waals surface area contributed by atoms with Crippen molar-refractivity contribution in [3.05, 3.63) is 29.3 Å². The smallest absolute Gasteiger partial charge is 0.126 e. The normalized spacial score (nSPS) is 19.5. The van der Waals surface area contributed by atoms with Crippen LogP contribution in [0, 0.1) is 6.92 Å². The molecule has 3 heteroatoms. The molecule has 1 heterocycles. The van der Waals surface area contributed by atoms with Gasteiger partial charge in [0, 0.05) is 25.3 Å². The molecule has 1 N–H and O–H groups in total.